The fraction of sp³-hybridized carbons (Fsp3) is 0.700. The first-order chi connectivity index (χ1) is 11.6. The standard InChI is InChI=1S/C20H32N2O2/c1-19-9-7-17(13-16-5-3-2-4-6-16)14-20(19,23)10-8-18(19)15-22-24-12-11-21/h2-6,17-18,22-23H,7-15,21H2,1H3/t17-,18-,19-,20+/m1/s1. The highest BCUT2D eigenvalue weighted by atomic mass is 16.6. The maximum atomic E-state index is 11.4. The minimum atomic E-state index is -0.523. The molecule has 4 nitrogen and oxygen atoms in total. The molecule has 24 heavy (non-hydrogen) atoms. The third kappa shape index (κ3) is 3.52. The summed E-state index contributed by atoms with van der Waals surface area (Å²) in [4.78, 5) is 5.35. The van der Waals surface area contributed by atoms with E-state index in [1.807, 2.05) is 0 Å². The molecule has 0 bridgehead atoms. The predicted molar refractivity (Wildman–Crippen MR) is 96.3 cm³/mol. The molecule has 4 atom stereocenters. The molecule has 1 aromatic carbocycles. The van der Waals surface area contributed by atoms with E-state index < -0.39 is 5.60 Å². The number of hydrogen-bond acceptors (Lipinski definition) is 4. The summed E-state index contributed by atoms with van der Waals surface area (Å²) in [5.41, 5.74) is 9.38. The van der Waals surface area contributed by atoms with E-state index in [-0.39, 0.29) is 5.41 Å². The van der Waals surface area contributed by atoms with Crippen LogP contribution in [0.1, 0.15) is 44.6 Å². The van der Waals surface area contributed by atoms with Crippen molar-refractivity contribution in [2.24, 2.45) is 23.0 Å². The van der Waals surface area contributed by atoms with Gasteiger partial charge in [0, 0.05) is 18.5 Å². The second-order valence-electron chi connectivity index (χ2n) is 7.97. The highest BCUT2D eigenvalue weighted by Crippen LogP contribution is 2.59. The smallest absolute Gasteiger partial charge is 0.0804 e. The largest absolute Gasteiger partial charge is 0.389 e. The van der Waals surface area contributed by atoms with Gasteiger partial charge >= 0.3 is 0 Å². The lowest BCUT2D eigenvalue weighted by molar-refractivity contribution is -0.118. The molecule has 4 N–H and O–H groups in total. The first-order valence-electron chi connectivity index (χ1n) is 9.38. The van der Waals surface area contributed by atoms with Gasteiger partial charge in [-0.05, 0) is 55.9 Å². The monoisotopic (exact) mass is 332 g/mol. The summed E-state index contributed by atoms with van der Waals surface area (Å²) in [5.74, 6) is 1.06. The Morgan fingerprint density at radius 3 is 2.79 bits per heavy atom. The lowest BCUT2D eigenvalue weighted by Crippen LogP contribution is -2.51. The normalized spacial score (nSPS) is 35.8. The van der Waals surface area contributed by atoms with Crippen molar-refractivity contribution < 1.29 is 9.94 Å². The highest BCUT2D eigenvalue weighted by Gasteiger charge is 2.58. The van der Waals surface area contributed by atoms with Gasteiger partial charge in [-0.2, -0.15) is 0 Å². The molecule has 2 fully saturated rings. The third-order valence-corrected chi connectivity index (χ3v) is 6.59. The molecule has 0 spiro atoms. The van der Waals surface area contributed by atoms with E-state index in [2.05, 4.69) is 42.7 Å². The summed E-state index contributed by atoms with van der Waals surface area (Å²) in [5, 5.41) is 11.4. The maximum absolute atomic E-state index is 11.4. The van der Waals surface area contributed by atoms with Crippen molar-refractivity contribution in [3.8, 4) is 0 Å². The first kappa shape index (κ1) is 17.9. The van der Waals surface area contributed by atoms with Crippen LogP contribution in [0.5, 0.6) is 0 Å². The fourth-order valence-electron chi connectivity index (χ4n) is 4.99. The van der Waals surface area contributed by atoms with Crippen LogP contribution in [0.2, 0.25) is 0 Å². The third-order valence-electron chi connectivity index (χ3n) is 6.59. The maximum Gasteiger partial charge on any atom is 0.0804 e. The molecule has 0 aliphatic heterocycles. The molecule has 2 saturated carbocycles. The van der Waals surface area contributed by atoms with Crippen LogP contribution in [0.3, 0.4) is 0 Å². The number of hydroxylamine groups is 1. The molecule has 3 rings (SSSR count). The van der Waals surface area contributed by atoms with Gasteiger partial charge in [0.2, 0.25) is 0 Å². The zero-order chi connectivity index (χ0) is 17.0. The van der Waals surface area contributed by atoms with E-state index in [9.17, 15) is 5.11 Å². The summed E-state index contributed by atoms with van der Waals surface area (Å²) in [6.07, 6.45) is 6.31. The topological polar surface area (TPSA) is 67.5 Å². The van der Waals surface area contributed by atoms with Gasteiger partial charge in [-0.25, -0.2) is 5.48 Å². The number of fused-ring (bicyclic) bond motifs is 1. The van der Waals surface area contributed by atoms with E-state index in [1.54, 1.807) is 0 Å². The van der Waals surface area contributed by atoms with Gasteiger partial charge in [0.25, 0.3) is 0 Å². The Morgan fingerprint density at radius 2 is 2.04 bits per heavy atom. The average molecular weight is 332 g/mol. The zero-order valence-corrected chi connectivity index (χ0v) is 14.8. The molecule has 134 valence electrons. The zero-order valence-electron chi connectivity index (χ0n) is 14.8. The number of nitrogens with two attached hydrogens (primary N) is 1. The molecule has 0 heterocycles. The van der Waals surface area contributed by atoms with Gasteiger partial charge in [-0.1, -0.05) is 37.3 Å². The molecule has 2 aliphatic rings. The number of aliphatic hydroxyl groups is 1. The summed E-state index contributed by atoms with van der Waals surface area (Å²) in [6, 6.07) is 10.7. The Bertz CT molecular complexity index is 524. The minimum Gasteiger partial charge on any atom is -0.389 e. The molecule has 0 radical (unpaired) electrons. The van der Waals surface area contributed by atoms with Crippen LogP contribution in [0.15, 0.2) is 30.3 Å². The summed E-state index contributed by atoms with van der Waals surface area (Å²) >= 11 is 0. The summed E-state index contributed by atoms with van der Waals surface area (Å²) < 4.78 is 0. The Labute approximate surface area is 145 Å². The number of rotatable bonds is 7. The van der Waals surface area contributed by atoms with Gasteiger partial charge in [0.1, 0.15) is 0 Å². The molecule has 2 aliphatic carbocycles. The van der Waals surface area contributed by atoms with Gasteiger partial charge in [0.05, 0.1) is 12.2 Å². The summed E-state index contributed by atoms with van der Waals surface area (Å²) in [6.45, 7) is 4.16. The molecular formula is C20H32N2O2. The van der Waals surface area contributed by atoms with Crippen LogP contribution in [-0.4, -0.2) is 30.4 Å². The molecule has 0 unspecified atom stereocenters. The molecule has 0 saturated heterocycles. The van der Waals surface area contributed by atoms with Gasteiger partial charge in [0.15, 0.2) is 0 Å². The van der Waals surface area contributed by atoms with Crippen LogP contribution >= 0.6 is 0 Å². The van der Waals surface area contributed by atoms with E-state index in [0.717, 1.165) is 38.6 Å². The van der Waals surface area contributed by atoms with Gasteiger partial charge in [-0.3, -0.25) is 0 Å². The van der Waals surface area contributed by atoms with E-state index in [1.165, 1.54) is 12.0 Å². The SMILES string of the molecule is C[C@]12CC[C@H](Cc3ccccc3)C[C@@]1(O)CC[C@@H]2CNOCCN. The van der Waals surface area contributed by atoms with E-state index >= 15 is 0 Å². The number of nitrogens with one attached hydrogen (secondary N) is 1. The van der Waals surface area contributed by atoms with Gasteiger partial charge in [-0.15, -0.1) is 0 Å². The van der Waals surface area contributed by atoms with Crippen LogP contribution in [-0.2, 0) is 11.3 Å². The van der Waals surface area contributed by atoms with Gasteiger partial charge < -0.3 is 15.7 Å². The Balaban J connectivity index is 1.60. The van der Waals surface area contributed by atoms with Crippen LogP contribution in [0.4, 0.5) is 0 Å². The van der Waals surface area contributed by atoms with Crippen molar-refractivity contribution in [3.05, 3.63) is 35.9 Å². The van der Waals surface area contributed by atoms with Crippen molar-refractivity contribution in [3.63, 3.8) is 0 Å². The lowest BCUT2D eigenvalue weighted by atomic mass is 9.59. The second kappa shape index (κ2) is 7.52. The van der Waals surface area contributed by atoms with Crippen LogP contribution in [0.25, 0.3) is 0 Å². The fourth-order valence-corrected chi connectivity index (χ4v) is 4.99. The molecule has 0 aromatic heterocycles. The molecule has 4 heteroatoms. The molecular weight excluding hydrogens is 300 g/mol. The lowest BCUT2D eigenvalue weighted by Gasteiger charge is -2.49. The highest BCUT2D eigenvalue weighted by molar-refractivity contribution is 5.17. The minimum absolute atomic E-state index is 0.000732. The van der Waals surface area contributed by atoms with Crippen molar-refractivity contribution in [1.82, 2.24) is 5.48 Å². The number of benzene rings is 1. The predicted octanol–water partition coefficient (Wildman–Crippen LogP) is 2.66. The van der Waals surface area contributed by atoms with Crippen LogP contribution < -0.4 is 11.2 Å². The Hall–Kier alpha value is -0.940. The quantitative estimate of drug-likeness (QED) is 0.530. The molecule has 0 amide bonds. The van der Waals surface area contributed by atoms with E-state index in [4.69, 9.17) is 10.6 Å². The summed E-state index contributed by atoms with van der Waals surface area (Å²) in [7, 11) is 0. The van der Waals surface area contributed by atoms with Crippen LogP contribution in [0, 0.1) is 17.3 Å². The first-order valence-corrected chi connectivity index (χ1v) is 9.38. The van der Waals surface area contributed by atoms with E-state index in [0.29, 0.717) is 25.0 Å². The van der Waals surface area contributed by atoms with Crippen molar-refractivity contribution in [2.45, 2.75) is 51.0 Å². The average Bonchev–Trinajstić information content (AvgIpc) is 2.84. The Kier molecular flexibility index (Phi) is 5.60. The van der Waals surface area contributed by atoms with Crippen molar-refractivity contribution in [1.29, 1.82) is 0 Å². The Morgan fingerprint density at radius 1 is 1.25 bits per heavy atom. The second-order valence-corrected chi connectivity index (χ2v) is 7.97. The van der Waals surface area contributed by atoms with Crippen molar-refractivity contribution >= 4 is 0 Å². The van der Waals surface area contributed by atoms with Crippen molar-refractivity contribution in [2.75, 3.05) is 19.7 Å². The number of hydrogen-bond donors (Lipinski definition) is 3. The molecule has 1 aromatic rings.